The number of nitrogens with one attached hydrogen (secondary N) is 1. The smallest absolute Gasteiger partial charge is 0.242 e. The minimum absolute atomic E-state index is 0.0485. The van der Waals surface area contributed by atoms with Gasteiger partial charge < -0.3 is 0 Å². The lowest BCUT2D eigenvalue weighted by Crippen LogP contribution is -2.38. The molecule has 7 heteroatoms. The van der Waals surface area contributed by atoms with Gasteiger partial charge >= 0.3 is 0 Å². The van der Waals surface area contributed by atoms with Gasteiger partial charge in [0.25, 0.3) is 0 Å². The van der Waals surface area contributed by atoms with Gasteiger partial charge in [0.2, 0.25) is 10.0 Å². The molecule has 1 fully saturated rings. The second kappa shape index (κ2) is 6.56. The third kappa shape index (κ3) is 4.18. The van der Waals surface area contributed by atoms with Crippen molar-refractivity contribution < 1.29 is 8.42 Å². The van der Waals surface area contributed by atoms with Crippen molar-refractivity contribution in [3.05, 3.63) is 22.9 Å². The second-order valence-corrected chi connectivity index (χ2v) is 8.44. The number of hydrogen-bond acceptors (Lipinski definition) is 4. The highest BCUT2D eigenvalue weighted by Gasteiger charge is 2.25. The molecule has 4 nitrogen and oxygen atoms in total. The van der Waals surface area contributed by atoms with E-state index >= 15 is 0 Å². The summed E-state index contributed by atoms with van der Waals surface area (Å²) in [6, 6.07) is 1.62. The van der Waals surface area contributed by atoms with E-state index < -0.39 is 10.0 Å². The van der Waals surface area contributed by atoms with Crippen molar-refractivity contribution in [1.82, 2.24) is 9.71 Å². The lowest BCUT2D eigenvalue weighted by Gasteiger charge is -2.27. The average molecular weight is 365 g/mol. The van der Waals surface area contributed by atoms with Gasteiger partial charge in [-0.2, -0.15) is 11.8 Å². The highest BCUT2D eigenvalue weighted by molar-refractivity contribution is 9.10. The van der Waals surface area contributed by atoms with Crippen molar-refractivity contribution in [2.75, 3.05) is 6.26 Å². The summed E-state index contributed by atoms with van der Waals surface area (Å²) in [5, 5.41) is 0.674. The Hall–Kier alpha value is -0.110. The first-order valence-electron chi connectivity index (χ1n) is 6.17. The standard InChI is InChI=1S/C12H17BrN2O2S2/c1-18-11-4-2-10(3-5-11)15-19(16,17)12-6-9(13)7-14-8-12/h6-8,10-11,15H,2-5H2,1H3. The van der Waals surface area contributed by atoms with Crippen LogP contribution in [-0.4, -0.2) is 30.9 Å². The van der Waals surface area contributed by atoms with E-state index in [0.29, 0.717) is 9.72 Å². The Kier molecular flexibility index (Phi) is 5.28. The molecule has 0 atom stereocenters. The van der Waals surface area contributed by atoms with E-state index in [1.165, 1.54) is 6.20 Å². The zero-order valence-electron chi connectivity index (χ0n) is 10.7. The molecule has 0 bridgehead atoms. The fourth-order valence-electron chi connectivity index (χ4n) is 2.24. The quantitative estimate of drug-likeness (QED) is 0.892. The zero-order valence-corrected chi connectivity index (χ0v) is 13.9. The molecule has 1 heterocycles. The molecule has 1 saturated carbocycles. The molecule has 1 aliphatic rings. The van der Waals surface area contributed by atoms with Crippen LogP contribution in [0.5, 0.6) is 0 Å². The second-order valence-electron chi connectivity index (χ2n) is 4.67. The molecule has 0 aromatic carbocycles. The number of nitrogens with zero attached hydrogens (tertiary/aromatic N) is 1. The minimum Gasteiger partial charge on any atom is -0.262 e. The van der Waals surface area contributed by atoms with Crippen molar-refractivity contribution in [2.24, 2.45) is 0 Å². The van der Waals surface area contributed by atoms with Gasteiger partial charge in [-0.15, -0.1) is 0 Å². The fourth-order valence-corrected chi connectivity index (χ4v) is 4.80. The number of halogens is 1. The predicted molar refractivity (Wildman–Crippen MR) is 81.8 cm³/mol. The van der Waals surface area contributed by atoms with Gasteiger partial charge in [0, 0.05) is 28.2 Å². The molecule has 1 aromatic heterocycles. The molecule has 0 unspecified atom stereocenters. The van der Waals surface area contributed by atoms with Gasteiger partial charge in [0.1, 0.15) is 4.90 Å². The van der Waals surface area contributed by atoms with Crippen LogP contribution >= 0.6 is 27.7 Å². The van der Waals surface area contributed by atoms with Crippen LogP contribution < -0.4 is 4.72 Å². The van der Waals surface area contributed by atoms with Gasteiger partial charge in [-0.05, 0) is 53.9 Å². The van der Waals surface area contributed by atoms with Crippen LogP contribution in [0.2, 0.25) is 0 Å². The molecule has 0 radical (unpaired) electrons. The fraction of sp³-hybridized carbons (Fsp3) is 0.583. The highest BCUT2D eigenvalue weighted by atomic mass is 79.9. The Morgan fingerprint density at radius 3 is 2.58 bits per heavy atom. The minimum atomic E-state index is -3.46. The molecule has 2 rings (SSSR count). The molecule has 19 heavy (non-hydrogen) atoms. The van der Waals surface area contributed by atoms with Crippen LogP contribution in [-0.2, 0) is 10.0 Å². The number of sulfonamides is 1. The zero-order chi connectivity index (χ0) is 13.9. The maximum absolute atomic E-state index is 12.2. The van der Waals surface area contributed by atoms with E-state index in [4.69, 9.17) is 0 Å². The molecule has 0 spiro atoms. The molecule has 1 aromatic rings. The maximum atomic E-state index is 12.2. The summed E-state index contributed by atoms with van der Waals surface area (Å²) in [6.45, 7) is 0. The Morgan fingerprint density at radius 1 is 1.32 bits per heavy atom. The Labute approximate surface area is 127 Å². The Bertz CT molecular complexity index is 528. The monoisotopic (exact) mass is 364 g/mol. The molecular weight excluding hydrogens is 348 g/mol. The summed E-state index contributed by atoms with van der Waals surface area (Å²) in [5.41, 5.74) is 0. The first-order chi connectivity index (χ1) is 9.01. The largest absolute Gasteiger partial charge is 0.262 e. The molecular formula is C12H17BrN2O2S2. The summed E-state index contributed by atoms with van der Waals surface area (Å²) >= 11 is 5.11. The molecule has 106 valence electrons. The van der Waals surface area contributed by atoms with E-state index in [0.717, 1.165) is 25.7 Å². The van der Waals surface area contributed by atoms with Gasteiger partial charge in [0.15, 0.2) is 0 Å². The van der Waals surface area contributed by atoms with Gasteiger partial charge in [-0.3, -0.25) is 4.98 Å². The van der Waals surface area contributed by atoms with Crippen LogP contribution in [0, 0.1) is 0 Å². The van der Waals surface area contributed by atoms with Gasteiger partial charge in [-0.1, -0.05) is 0 Å². The summed E-state index contributed by atoms with van der Waals surface area (Å²) in [6.07, 6.45) is 9.03. The SMILES string of the molecule is CSC1CCC(NS(=O)(=O)c2cncc(Br)c2)CC1. The van der Waals surface area contributed by atoms with Crippen molar-refractivity contribution in [3.63, 3.8) is 0 Å². The molecule has 0 saturated heterocycles. The third-order valence-corrected chi connectivity index (χ3v) is 6.38. The summed E-state index contributed by atoms with van der Waals surface area (Å²) in [4.78, 5) is 4.12. The normalized spacial score (nSPS) is 24.3. The van der Waals surface area contributed by atoms with E-state index in [2.05, 4.69) is 31.9 Å². The number of pyridine rings is 1. The Balaban J connectivity index is 2.02. The van der Waals surface area contributed by atoms with Crippen LogP contribution in [0.1, 0.15) is 25.7 Å². The lowest BCUT2D eigenvalue weighted by molar-refractivity contribution is 0.420. The lowest BCUT2D eigenvalue weighted by atomic mass is 9.96. The van der Waals surface area contributed by atoms with Crippen molar-refractivity contribution in [1.29, 1.82) is 0 Å². The van der Waals surface area contributed by atoms with E-state index in [-0.39, 0.29) is 10.9 Å². The average Bonchev–Trinajstić information content (AvgIpc) is 2.39. The van der Waals surface area contributed by atoms with Crippen LogP contribution in [0.3, 0.4) is 0 Å². The van der Waals surface area contributed by atoms with Crippen molar-refractivity contribution in [3.8, 4) is 0 Å². The summed E-state index contributed by atoms with van der Waals surface area (Å²) < 4.78 is 27.9. The third-order valence-electron chi connectivity index (χ3n) is 3.32. The highest BCUT2D eigenvalue weighted by Crippen LogP contribution is 2.27. The van der Waals surface area contributed by atoms with Crippen LogP contribution in [0.15, 0.2) is 27.8 Å². The number of hydrogen-bond donors (Lipinski definition) is 1. The Morgan fingerprint density at radius 2 is 2.00 bits per heavy atom. The molecule has 1 N–H and O–H groups in total. The van der Waals surface area contributed by atoms with E-state index in [9.17, 15) is 8.42 Å². The number of aromatic nitrogens is 1. The topological polar surface area (TPSA) is 59.1 Å². The van der Waals surface area contributed by atoms with Gasteiger partial charge in [0.05, 0.1) is 0 Å². The number of thioether (sulfide) groups is 1. The van der Waals surface area contributed by atoms with Crippen LogP contribution in [0.4, 0.5) is 0 Å². The maximum Gasteiger partial charge on any atom is 0.242 e. The summed E-state index contributed by atoms with van der Waals surface area (Å²) in [5.74, 6) is 0. The summed E-state index contributed by atoms with van der Waals surface area (Å²) in [7, 11) is -3.46. The van der Waals surface area contributed by atoms with E-state index in [1.54, 1.807) is 12.3 Å². The van der Waals surface area contributed by atoms with Crippen molar-refractivity contribution >= 4 is 37.7 Å². The first kappa shape index (κ1) is 15.3. The van der Waals surface area contributed by atoms with E-state index in [1.807, 2.05) is 11.8 Å². The number of rotatable bonds is 4. The molecule has 1 aliphatic carbocycles. The van der Waals surface area contributed by atoms with Crippen molar-refractivity contribution in [2.45, 2.75) is 41.9 Å². The predicted octanol–water partition coefficient (Wildman–Crippen LogP) is 2.80. The van der Waals surface area contributed by atoms with Gasteiger partial charge in [-0.25, -0.2) is 13.1 Å². The molecule has 0 aliphatic heterocycles. The first-order valence-corrected chi connectivity index (χ1v) is 9.73. The van der Waals surface area contributed by atoms with Crippen LogP contribution in [0.25, 0.3) is 0 Å². The molecule has 0 amide bonds.